The topological polar surface area (TPSA) is 72.0 Å². The molecule has 6 nitrogen and oxygen atoms in total. The minimum absolute atomic E-state index is 0.413. The average Bonchev–Trinajstić information content (AvgIpc) is 2.78. The first-order chi connectivity index (χ1) is 8.35. The van der Waals surface area contributed by atoms with Gasteiger partial charge in [-0.1, -0.05) is 6.92 Å². The van der Waals surface area contributed by atoms with Crippen LogP contribution in [-0.2, 0) is 13.1 Å². The number of piperazine rings is 1. The molecule has 0 saturated carbocycles. The lowest BCUT2D eigenvalue weighted by Gasteiger charge is -2.35. The van der Waals surface area contributed by atoms with Crippen LogP contribution in [0.2, 0.25) is 0 Å². The second-order valence-corrected chi connectivity index (χ2v) is 4.46. The first-order valence-corrected chi connectivity index (χ1v) is 6.36. The van der Waals surface area contributed by atoms with Crippen molar-refractivity contribution in [3.63, 3.8) is 0 Å². The van der Waals surface area contributed by atoms with Gasteiger partial charge in [0.15, 0.2) is 0 Å². The summed E-state index contributed by atoms with van der Waals surface area (Å²) in [5.41, 5.74) is 5.79. The molecule has 2 rings (SSSR count). The number of hydrogen-bond acceptors (Lipinski definition) is 5. The molecule has 0 radical (unpaired) electrons. The molecule has 3 N–H and O–H groups in total. The number of nitrogens with one attached hydrogen (secondary N) is 1. The SMILES string of the molecule is CCCn1ncnc1CN1CCNCC1CN. The summed E-state index contributed by atoms with van der Waals surface area (Å²) in [6, 6.07) is 0.413. The predicted octanol–water partition coefficient (Wildman–Crippen LogP) is -0.579. The van der Waals surface area contributed by atoms with E-state index in [1.165, 1.54) is 0 Å². The molecule has 0 aromatic carbocycles. The van der Waals surface area contributed by atoms with E-state index in [0.717, 1.165) is 45.0 Å². The van der Waals surface area contributed by atoms with Gasteiger partial charge < -0.3 is 11.1 Å². The van der Waals surface area contributed by atoms with Crippen LogP contribution in [0.15, 0.2) is 6.33 Å². The normalized spacial score (nSPS) is 21.9. The third-order valence-corrected chi connectivity index (χ3v) is 3.22. The maximum absolute atomic E-state index is 5.79. The van der Waals surface area contributed by atoms with Gasteiger partial charge in [-0.15, -0.1) is 0 Å². The summed E-state index contributed by atoms with van der Waals surface area (Å²) in [4.78, 5) is 6.74. The van der Waals surface area contributed by atoms with Crippen LogP contribution in [0.5, 0.6) is 0 Å². The molecule has 1 fully saturated rings. The third kappa shape index (κ3) is 3.02. The molecule has 0 amide bonds. The standard InChI is InChI=1S/C11H22N6/c1-2-4-17-11(14-9-15-17)8-16-5-3-13-7-10(16)6-12/h9-10,13H,2-8,12H2,1H3. The zero-order valence-corrected chi connectivity index (χ0v) is 10.5. The largest absolute Gasteiger partial charge is 0.329 e. The zero-order valence-electron chi connectivity index (χ0n) is 10.5. The van der Waals surface area contributed by atoms with E-state index in [1.807, 2.05) is 4.68 Å². The van der Waals surface area contributed by atoms with Crippen molar-refractivity contribution in [1.82, 2.24) is 25.0 Å². The van der Waals surface area contributed by atoms with Crippen LogP contribution in [0, 0.1) is 0 Å². The zero-order chi connectivity index (χ0) is 12.1. The van der Waals surface area contributed by atoms with Crippen LogP contribution < -0.4 is 11.1 Å². The number of aryl methyl sites for hydroxylation is 1. The summed E-state index contributed by atoms with van der Waals surface area (Å²) in [5, 5.41) is 7.62. The number of nitrogens with zero attached hydrogens (tertiary/aromatic N) is 4. The molecule has 96 valence electrons. The molecule has 0 spiro atoms. The third-order valence-electron chi connectivity index (χ3n) is 3.22. The summed E-state index contributed by atoms with van der Waals surface area (Å²) in [5.74, 6) is 1.05. The van der Waals surface area contributed by atoms with E-state index in [9.17, 15) is 0 Å². The molecule has 17 heavy (non-hydrogen) atoms. The van der Waals surface area contributed by atoms with Crippen molar-refractivity contribution >= 4 is 0 Å². The maximum atomic E-state index is 5.79. The molecule has 6 heteroatoms. The van der Waals surface area contributed by atoms with E-state index < -0.39 is 0 Å². The number of rotatable bonds is 5. The van der Waals surface area contributed by atoms with Crippen LogP contribution >= 0.6 is 0 Å². The summed E-state index contributed by atoms with van der Waals surface area (Å²) < 4.78 is 2.00. The quantitative estimate of drug-likeness (QED) is 0.718. The van der Waals surface area contributed by atoms with Crippen LogP contribution in [0.1, 0.15) is 19.2 Å². The van der Waals surface area contributed by atoms with Crippen molar-refractivity contribution in [2.75, 3.05) is 26.2 Å². The van der Waals surface area contributed by atoms with Gasteiger partial charge in [-0.25, -0.2) is 9.67 Å². The van der Waals surface area contributed by atoms with Gasteiger partial charge in [0.1, 0.15) is 12.2 Å². The van der Waals surface area contributed by atoms with Crippen molar-refractivity contribution in [1.29, 1.82) is 0 Å². The van der Waals surface area contributed by atoms with Gasteiger partial charge in [0.25, 0.3) is 0 Å². The molecule has 0 bridgehead atoms. The monoisotopic (exact) mass is 238 g/mol. The molecule has 1 saturated heterocycles. The van der Waals surface area contributed by atoms with Crippen molar-refractivity contribution in [3.8, 4) is 0 Å². The number of nitrogens with two attached hydrogens (primary N) is 1. The predicted molar refractivity (Wildman–Crippen MR) is 66.4 cm³/mol. The lowest BCUT2D eigenvalue weighted by molar-refractivity contribution is 0.151. The minimum Gasteiger partial charge on any atom is -0.329 e. The van der Waals surface area contributed by atoms with Gasteiger partial charge in [-0.3, -0.25) is 4.90 Å². The average molecular weight is 238 g/mol. The summed E-state index contributed by atoms with van der Waals surface area (Å²) in [7, 11) is 0. The number of hydrogen-bond donors (Lipinski definition) is 2. The summed E-state index contributed by atoms with van der Waals surface area (Å²) in [6.45, 7) is 7.66. The lowest BCUT2D eigenvalue weighted by atomic mass is 10.2. The first kappa shape index (κ1) is 12.5. The van der Waals surface area contributed by atoms with Gasteiger partial charge in [-0.05, 0) is 6.42 Å². The van der Waals surface area contributed by atoms with Crippen LogP contribution in [-0.4, -0.2) is 51.9 Å². The van der Waals surface area contributed by atoms with Crippen LogP contribution in [0.25, 0.3) is 0 Å². The highest BCUT2D eigenvalue weighted by Crippen LogP contribution is 2.08. The molecule has 1 aliphatic rings. The molecule has 1 aliphatic heterocycles. The van der Waals surface area contributed by atoms with Crippen LogP contribution in [0.3, 0.4) is 0 Å². The van der Waals surface area contributed by atoms with Gasteiger partial charge in [0.05, 0.1) is 6.54 Å². The second-order valence-electron chi connectivity index (χ2n) is 4.46. The molecule has 1 aromatic rings. The molecule has 0 aliphatic carbocycles. The highest BCUT2D eigenvalue weighted by atomic mass is 15.4. The maximum Gasteiger partial charge on any atom is 0.141 e. The van der Waals surface area contributed by atoms with Gasteiger partial charge in [0.2, 0.25) is 0 Å². The van der Waals surface area contributed by atoms with Gasteiger partial charge >= 0.3 is 0 Å². The second kappa shape index (κ2) is 6.09. The Morgan fingerprint density at radius 1 is 1.59 bits per heavy atom. The van der Waals surface area contributed by atoms with E-state index in [4.69, 9.17) is 5.73 Å². The smallest absolute Gasteiger partial charge is 0.141 e. The Balaban J connectivity index is 2.00. The Kier molecular flexibility index (Phi) is 4.47. The Morgan fingerprint density at radius 2 is 2.47 bits per heavy atom. The Bertz CT molecular complexity index is 336. The van der Waals surface area contributed by atoms with E-state index in [1.54, 1.807) is 6.33 Å². The van der Waals surface area contributed by atoms with E-state index >= 15 is 0 Å². The van der Waals surface area contributed by atoms with Crippen molar-refractivity contribution in [2.45, 2.75) is 32.5 Å². The fourth-order valence-electron chi connectivity index (χ4n) is 2.23. The molecule has 1 atom stereocenters. The highest BCUT2D eigenvalue weighted by molar-refractivity contribution is 4.89. The molecule has 1 unspecified atom stereocenters. The van der Waals surface area contributed by atoms with Crippen molar-refractivity contribution < 1.29 is 0 Å². The Morgan fingerprint density at radius 3 is 3.24 bits per heavy atom. The van der Waals surface area contributed by atoms with Crippen molar-refractivity contribution in [3.05, 3.63) is 12.2 Å². The molecule has 1 aromatic heterocycles. The highest BCUT2D eigenvalue weighted by Gasteiger charge is 2.22. The van der Waals surface area contributed by atoms with Gasteiger partial charge in [-0.2, -0.15) is 5.10 Å². The fraction of sp³-hybridized carbons (Fsp3) is 0.818. The molecular formula is C11H22N6. The Hall–Kier alpha value is -0.980. The lowest BCUT2D eigenvalue weighted by Crippen LogP contribution is -2.54. The van der Waals surface area contributed by atoms with E-state index in [0.29, 0.717) is 12.6 Å². The Labute approximate surface area is 102 Å². The van der Waals surface area contributed by atoms with E-state index in [-0.39, 0.29) is 0 Å². The van der Waals surface area contributed by atoms with Crippen LogP contribution in [0.4, 0.5) is 0 Å². The van der Waals surface area contributed by atoms with Crippen molar-refractivity contribution in [2.24, 2.45) is 5.73 Å². The number of aromatic nitrogens is 3. The van der Waals surface area contributed by atoms with E-state index in [2.05, 4.69) is 27.2 Å². The first-order valence-electron chi connectivity index (χ1n) is 6.36. The van der Waals surface area contributed by atoms with Gasteiger partial charge in [0, 0.05) is 38.8 Å². The summed E-state index contributed by atoms with van der Waals surface area (Å²) in [6.07, 6.45) is 2.73. The molecule has 2 heterocycles. The molecular weight excluding hydrogens is 216 g/mol. The summed E-state index contributed by atoms with van der Waals surface area (Å²) >= 11 is 0. The fourth-order valence-corrected chi connectivity index (χ4v) is 2.23. The minimum atomic E-state index is 0.413.